The quantitative estimate of drug-likeness (QED) is 0.561. The molecule has 2 N–H and O–H groups in total. The number of carbonyl (C=O) groups excluding carboxylic acids is 1. The number of aliphatic hydroxyl groups excluding tert-OH is 1. The van der Waals surface area contributed by atoms with Crippen LogP contribution in [0.1, 0.15) is 6.42 Å². The molecule has 0 rings (SSSR count). The Kier molecular flexibility index (Phi) is 4.84. The smallest absolute Gasteiger partial charge is 0.221 e. The SMILES string of the molecule is CS(=O)(=O)CCC(=O)NCCO. The summed E-state index contributed by atoms with van der Waals surface area (Å²) in [6.07, 6.45) is 1.03. The van der Waals surface area contributed by atoms with Crippen molar-refractivity contribution < 1.29 is 18.3 Å². The second kappa shape index (κ2) is 5.10. The number of aliphatic hydroxyl groups is 1. The molecule has 0 aliphatic rings. The zero-order chi connectivity index (χ0) is 9.61. The maximum absolute atomic E-state index is 10.8. The van der Waals surface area contributed by atoms with E-state index in [2.05, 4.69) is 5.32 Å². The van der Waals surface area contributed by atoms with Gasteiger partial charge in [0.05, 0.1) is 12.4 Å². The van der Waals surface area contributed by atoms with Gasteiger partial charge in [-0.3, -0.25) is 4.79 Å². The molecule has 0 spiro atoms. The third-order valence-corrected chi connectivity index (χ3v) is 2.08. The number of hydrogen-bond donors (Lipinski definition) is 2. The van der Waals surface area contributed by atoms with Crippen LogP contribution in [0.15, 0.2) is 0 Å². The summed E-state index contributed by atoms with van der Waals surface area (Å²) in [4.78, 5) is 10.8. The van der Waals surface area contributed by atoms with Crippen LogP contribution in [-0.2, 0) is 14.6 Å². The van der Waals surface area contributed by atoms with Gasteiger partial charge in [0.25, 0.3) is 0 Å². The van der Waals surface area contributed by atoms with Crippen LogP contribution in [0.4, 0.5) is 0 Å². The van der Waals surface area contributed by atoms with E-state index >= 15 is 0 Å². The molecular weight excluding hydrogens is 182 g/mol. The predicted molar refractivity (Wildman–Crippen MR) is 44.4 cm³/mol. The zero-order valence-electron chi connectivity index (χ0n) is 6.91. The van der Waals surface area contributed by atoms with Crippen molar-refractivity contribution in [3.8, 4) is 0 Å². The van der Waals surface area contributed by atoms with Gasteiger partial charge in [-0.15, -0.1) is 0 Å². The van der Waals surface area contributed by atoms with Crippen molar-refractivity contribution in [2.24, 2.45) is 0 Å². The van der Waals surface area contributed by atoms with Crippen molar-refractivity contribution in [2.45, 2.75) is 6.42 Å². The maximum Gasteiger partial charge on any atom is 0.221 e. The van der Waals surface area contributed by atoms with Gasteiger partial charge in [0, 0.05) is 19.2 Å². The van der Waals surface area contributed by atoms with Crippen molar-refractivity contribution in [2.75, 3.05) is 25.2 Å². The Morgan fingerprint density at radius 3 is 2.50 bits per heavy atom. The topological polar surface area (TPSA) is 83.5 Å². The average Bonchev–Trinajstić information content (AvgIpc) is 1.95. The second-order valence-electron chi connectivity index (χ2n) is 2.45. The molecule has 72 valence electrons. The summed E-state index contributed by atoms with van der Waals surface area (Å²) in [5.74, 6) is -0.501. The molecule has 0 saturated carbocycles. The molecule has 0 aliphatic heterocycles. The van der Waals surface area contributed by atoms with E-state index in [4.69, 9.17) is 5.11 Å². The summed E-state index contributed by atoms with van der Waals surface area (Å²) in [5.41, 5.74) is 0. The normalized spacial score (nSPS) is 11.2. The lowest BCUT2D eigenvalue weighted by Crippen LogP contribution is -2.27. The van der Waals surface area contributed by atoms with Gasteiger partial charge in [-0.2, -0.15) is 0 Å². The molecule has 0 radical (unpaired) electrons. The van der Waals surface area contributed by atoms with Crippen LogP contribution in [0.25, 0.3) is 0 Å². The van der Waals surface area contributed by atoms with E-state index in [1.807, 2.05) is 0 Å². The first-order valence-corrected chi connectivity index (χ1v) is 5.57. The maximum atomic E-state index is 10.8. The fourth-order valence-corrected chi connectivity index (χ4v) is 1.12. The van der Waals surface area contributed by atoms with E-state index in [1.165, 1.54) is 0 Å². The van der Waals surface area contributed by atoms with E-state index in [-0.39, 0.29) is 31.2 Å². The Hall–Kier alpha value is -0.620. The van der Waals surface area contributed by atoms with Crippen LogP contribution < -0.4 is 5.32 Å². The molecule has 0 saturated heterocycles. The van der Waals surface area contributed by atoms with Gasteiger partial charge in [-0.05, 0) is 0 Å². The van der Waals surface area contributed by atoms with Gasteiger partial charge in [-0.1, -0.05) is 0 Å². The summed E-state index contributed by atoms with van der Waals surface area (Å²) in [6.45, 7) is 0.0349. The first kappa shape index (κ1) is 11.4. The molecule has 0 aromatic carbocycles. The van der Waals surface area contributed by atoms with Crippen LogP contribution in [0, 0.1) is 0 Å². The van der Waals surface area contributed by atoms with Gasteiger partial charge in [0.15, 0.2) is 0 Å². The molecule has 0 unspecified atom stereocenters. The molecule has 0 aromatic rings. The predicted octanol–water partition coefficient (Wildman–Crippen LogP) is -1.47. The Balaban J connectivity index is 3.58. The molecule has 0 heterocycles. The number of sulfone groups is 1. The number of rotatable bonds is 5. The lowest BCUT2D eigenvalue weighted by Gasteiger charge is -2.01. The Morgan fingerprint density at radius 1 is 1.50 bits per heavy atom. The highest BCUT2D eigenvalue weighted by Crippen LogP contribution is 1.87. The van der Waals surface area contributed by atoms with Crippen molar-refractivity contribution in [3.63, 3.8) is 0 Å². The summed E-state index contributed by atoms with van der Waals surface area (Å²) in [5, 5.41) is 10.7. The Bertz CT molecular complexity index is 234. The van der Waals surface area contributed by atoms with Crippen LogP contribution in [0.3, 0.4) is 0 Å². The van der Waals surface area contributed by atoms with Crippen LogP contribution in [0.2, 0.25) is 0 Å². The van der Waals surface area contributed by atoms with E-state index in [0.717, 1.165) is 6.26 Å². The number of amides is 1. The molecule has 0 fully saturated rings. The lowest BCUT2D eigenvalue weighted by molar-refractivity contribution is -0.120. The standard InChI is InChI=1S/C6H13NO4S/c1-12(10,11)5-2-6(9)7-3-4-8/h8H,2-5H2,1H3,(H,7,9). The summed E-state index contributed by atoms with van der Waals surface area (Å²) in [7, 11) is -3.07. The van der Waals surface area contributed by atoms with Crippen molar-refractivity contribution in [3.05, 3.63) is 0 Å². The minimum absolute atomic E-state index is 0.0428. The fourth-order valence-electron chi connectivity index (χ4n) is 0.562. The average molecular weight is 195 g/mol. The molecule has 0 atom stereocenters. The minimum Gasteiger partial charge on any atom is -0.395 e. The second-order valence-corrected chi connectivity index (χ2v) is 4.71. The molecule has 1 amide bonds. The van der Waals surface area contributed by atoms with Gasteiger partial charge < -0.3 is 10.4 Å². The van der Waals surface area contributed by atoms with E-state index in [9.17, 15) is 13.2 Å². The molecule has 0 aliphatic carbocycles. The van der Waals surface area contributed by atoms with Crippen LogP contribution in [-0.4, -0.2) is 44.6 Å². The Morgan fingerprint density at radius 2 is 2.08 bits per heavy atom. The van der Waals surface area contributed by atoms with Gasteiger partial charge in [-0.25, -0.2) is 8.42 Å². The van der Waals surface area contributed by atoms with E-state index in [1.54, 1.807) is 0 Å². The largest absolute Gasteiger partial charge is 0.395 e. The zero-order valence-corrected chi connectivity index (χ0v) is 7.73. The number of hydrogen-bond acceptors (Lipinski definition) is 4. The highest BCUT2D eigenvalue weighted by molar-refractivity contribution is 7.90. The number of nitrogens with one attached hydrogen (secondary N) is 1. The fraction of sp³-hybridized carbons (Fsp3) is 0.833. The van der Waals surface area contributed by atoms with Gasteiger partial charge >= 0.3 is 0 Å². The van der Waals surface area contributed by atoms with Crippen LogP contribution >= 0.6 is 0 Å². The Labute approximate surface area is 71.7 Å². The molecule has 0 aromatic heterocycles. The molecule has 6 heteroatoms. The first-order chi connectivity index (χ1) is 5.45. The van der Waals surface area contributed by atoms with Crippen LogP contribution in [0.5, 0.6) is 0 Å². The highest BCUT2D eigenvalue weighted by Gasteiger charge is 2.06. The summed E-state index contributed by atoms with van der Waals surface area (Å²) >= 11 is 0. The summed E-state index contributed by atoms with van der Waals surface area (Å²) < 4.78 is 21.2. The monoisotopic (exact) mass is 195 g/mol. The van der Waals surface area contributed by atoms with E-state index < -0.39 is 9.84 Å². The number of carbonyl (C=O) groups is 1. The van der Waals surface area contributed by atoms with Gasteiger partial charge in [0.2, 0.25) is 5.91 Å². The van der Waals surface area contributed by atoms with Crippen molar-refractivity contribution in [1.82, 2.24) is 5.32 Å². The highest BCUT2D eigenvalue weighted by atomic mass is 32.2. The third-order valence-electron chi connectivity index (χ3n) is 1.13. The van der Waals surface area contributed by atoms with E-state index in [0.29, 0.717) is 0 Å². The third kappa shape index (κ3) is 7.49. The first-order valence-electron chi connectivity index (χ1n) is 3.51. The lowest BCUT2D eigenvalue weighted by atomic mass is 10.4. The molecule has 12 heavy (non-hydrogen) atoms. The van der Waals surface area contributed by atoms with Crippen molar-refractivity contribution in [1.29, 1.82) is 0 Å². The molecular formula is C6H13NO4S. The van der Waals surface area contributed by atoms with Gasteiger partial charge in [0.1, 0.15) is 9.84 Å². The molecule has 5 nitrogen and oxygen atoms in total. The molecule has 0 bridgehead atoms. The minimum atomic E-state index is -3.07. The van der Waals surface area contributed by atoms with Crippen molar-refractivity contribution >= 4 is 15.7 Å². The summed E-state index contributed by atoms with van der Waals surface area (Å²) in [6, 6.07) is 0.